The summed E-state index contributed by atoms with van der Waals surface area (Å²) < 4.78 is 5.42. The molecule has 7 heteroatoms. The quantitative estimate of drug-likeness (QED) is 0.812. The molecule has 2 aliphatic rings. The zero-order valence-corrected chi connectivity index (χ0v) is 17.5. The molecule has 6 nitrogen and oxygen atoms in total. The Morgan fingerprint density at radius 2 is 1.86 bits per heavy atom. The van der Waals surface area contributed by atoms with Crippen LogP contribution in [0.5, 0.6) is 0 Å². The number of carbonyl (C=O) groups is 1. The van der Waals surface area contributed by atoms with E-state index in [0.717, 1.165) is 55.7 Å². The summed E-state index contributed by atoms with van der Waals surface area (Å²) in [7, 11) is 0. The summed E-state index contributed by atoms with van der Waals surface area (Å²) in [5.74, 6) is 0.785. The van der Waals surface area contributed by atoms with Gasteiger partial charge in [-0.2, -0.15) is 0 Å². The monoisotopic (exact) mass is 414 g/mol. The number of hydrogen-bond acceptors (Lipinski definition) is 5. The first-order valence-corrected chi connectivity index (χ1v) is 10.7. The second kappa shape index (κ2) is 8.67. The van der Waals surface area contributed by atoms with Crippen LogP contribution in [0.15, 0.2) is 30.3 Å². The van der Waals surface area contributed by atoms with E-state index in [1.54, 1.807) is 0 Å². The number of aromatic nitrogens is 2. The highest BCUT2D eigenvalue weighted by atomic mass is 35.5. The van der Waals surface area contributed by atoms with E-state index >= 15 is 0 Å². The van der Waals surface area contributed by atoms with E-state index < -0.39 is 5.41 Å². The highest BCUT2D eigenvalue weighted by molar-refractivity contribution is 6.30. The number of anilines is 1. The third-order valence-corrected chi connectivity index (χ3v) is 6.16. The molecule has 0 unspecified atom stereocenters. The van der Waals surface area contributed by atoms with Gasteiger partial charge >= 0.3 is 0 Å². The van der Waals surface area contributed by atoms with E-state index in [-0.39, 0.29) is 5.91 Å². The molecule has 0 bridgehead atoms. The molecule has 4 rings (SSSR count). The molecule has 29 heavy (non-hydrogen) atoms. The normalized spacial score (nSPS) is 18.6. The number of benzene rings is 1. The minimum Gasteiger partial charge on any atom is -0.378 e. The third kappa shape index (κ3) is 4.38. The number of rotatable bonds is 5. The first-order chi connectivity index (χ1) is 14.1. The molecule has 0 radical (unpaired) electrons. The SMILES string of the molecule is Cc1cc(CNC(=O)C2(c3ccc(Cl)cc3)CCCC2)nc(N2CCOCC2)n1. The Kier molecular flexibility index (Phi) is 6.01. The van der Waals surface area contributed by atoms with Gasteiger partial charge in [-0.3, -0.25) is 4.79 Å². The van der Waals surface area contributed by atoms with E-state index in [0.29, 0.717) is 30.7 Å². The molecule has 1 aliphatic heterocycles. The van der Waals surface area contributed by atoms with Crippen LogP contribution in [-0.2, 0) is 21.5 Å². The van der Waals surface area contributed by atoms with Crippen molar-refractivity contribution in [1.29, 1.82) is 0 Å². The summed E-state index contributed by atoms with van der Waals surface area (Å²) in [6, 6.07) is 9.64. The summed E-state index contributed by atoms with van der Waals surface area (Å²) in [4.78, 5) is 24.7. The van der Waals surface area contributed by atoms with Crippen LogP contribution in [0.3, 0.4) is 0 Å². The van der Waals surface area contributed by atoms with Crippen molar-refractivity contribution in [3.63, 3.8) is 0 Å². The Bertz CT molecular complexity index is 860. The van der Waals surface area contributed by atoms with Crippen molar-refractivity contribution in [2.24, 2.45) is 0 Å². The van der Waals surface area contributed by atoms with Crippen LogP contribution in [0.4, 0.5) is 5.95 Å². The fraction of sp³-hybridized carbons (Fsp3) is 0.500. The molecule has 1 saturated heterocycles. The number of aryl methyl sites for hydroxylation is 1. The lowest BCUT2D eigenvalue weighted by molar-refractivity contribution is -0.126. The van der Waals surface area contributed by atoms with Crippen molar-refractivity contribution in [1.82, 2.24) is 15.3 Å². The summed E-state index contributed by atoms with van der Waals surface area (Å²) in [6.45, 7) is 5.31. The molecule has 2 fully saturated rings. The average Bonchev–Trinajstić information content (AvgIpc) is 3.24. The van der Waals surface area contributed by atoms with E-state index in [1.807, 2.05) is 37.3 Å². The molecule has 2 aromatic rings. The lowest BCUT2D eigenvalue weighted by Gasteiger charge is -2.29. The topological polar surface area (TPSA) is 67.4 Å². The van der Waals surface area contributed by atoms with Gasteiger partial charge in [-0.25, -0.2) is 9.97 Å². The highest BCUT2D eigenvalue weighted by Crippen LogP contribution is 2.41. The van der Waals surface area contributed by atoms with Crippen LogP contribution in [0.1, 0.15) is 42.6 Å². The zero-order valence-electron chi connectivity index (χ0n) is 16.8. The summed E-state index contributed by atoms with van der Waals surface area (Å²) in [5.41, 5.74) is 2.31. The molecule has 0 spiro atoms. The smallest absolute Gasteiger partial charge is 0.230 e. The van der Waals surface area contributed by atoms with Gasteiger partial charge in [0.1, 0.15) is 0 Å². The number of carbonyl (C=O) groups excluding carboxylic acids is 1. The van der Waals surface area contributed by atoms with Crippen LogP contribution in [0.2, 0.25) is 5.02 Å². The van der Waals surface area contributed by atoms with Crippen molar-refractivity contribution in [2.75, 3.05) is 31.2 Å². The molecule has 1 aliphatic carbocycles. The molecule has 0 atom stereocenters. The van der Waals surface area contributed by atoms with Gasteiger partial charge in [0.05, 0.1) is 30.9 Å². The van der Waals surface area contributed by atoms with Gasteiger partial charge in [0.2, 0.25) is 11.9 Å². The summed E-state index contributed by atoms with van der Waals surface area (Å²) in [5, 5.41) is 3.84. The molecular weight excluding hydrogens is 388 g/mol. The Labute approximate surface area is 176 Å². The summed E-state index contributed by atoms with van der Waals surface area (Å²) in [6.07, 6.45) is 3.85. The third-order valence-electron chi connectivity index (χ3n) is 5.91. The van der Waals surface area contributed by atoms with E-state index in [2.05, 4.69) is 20.2 Å². The number of ether oxygens (including phenoxy) is 1. The minimum absolute atomic E-state index is 0.0708. The fourth-order valence-corrected chi connectivity index (χ4v) is 4.47. The van der Waals surface area contributed by atoms with Crippen molar-refractivity contribution < 1.29 is 9.53 Å². The number of hydrogen-bond donors (Lipinski definition) is 1. The standard InChI is InChI=1S/C22H27ClN4O2/c1-16-14-19(26-21(25-16)27-10-12-29-13-11-27)15-24-20(28)22(8-2-3-9-22)17-4-6-18(23)7-5-17/h4-7,14H,2-3,8-13,15H2,1H3,(H,24,28). The number of nitrogens with one attached hydrogen (secondary N) is 1. The second-order valence-electron chi connectivity index (χ2n) is 7.88. The summed E-state index contributed by atoms with van der Waals surface area (Å²) >= 11 is 6.05. The van der Waals surface area contributed by atoms with Gasteiger partial charge in [-0.15, -0.1) is 0 Å². The molecule has 1 saturated carbocycles. The predicted octanol–water partition coefficient (Wildman–Crippen LogP) is 3.40. The van der Waals surface area contributed by atoms with E-state index in [1.165, 1.54) is 0 Å². The van der Waals surface area contributed by atoms with Gasteiger partial charge in [-0.1, -0.05) is 36.6 Å². The predicted molar refractivity (Wildman–Crippen MR) is 113 cm³/mol. The molecule has 1 amide bonds. The van der Waals surface area contributed by atoms with E-state index in [9.17, 15) is 4.79 Å². The van der Waals surface area contributed by atoms with Gasteiger partial charge in [0.15, 0.2) is 0 Å². The average molecular weight is 415 g/mol. The lowest BCUT2D eigenvalue weighted by Crippen LogP contribution is -2.42. The maximum atomic E-state index is 13.3. The molecule has 1 aromatic carbocycles. The van der Waals surface area contributed by atoms with Crippen LogP contribution in [-0.4, -0.2) is 42.2 Å². The molecular formula is C22H27ClN4O2. The molecule has 2 heterocycles. The first kappa shape index (κ1) is 20.1. The van der Waals surface area contributed by atoms with Crippen LogP contribution in [0.25, 0.3) is 0 Å². The first-order valence-electron chi connectivity index (χ1n) is 10.3. The Hall–Kier alpha value is -2.18. The van der Waals surface area contributed by atoms with Crippen molar-refractivity contribution in [3.8, 4) is 0 Å². The van der Waals surface area contributed by atoms with Crippen molar-refractivity contribution >= 4 is 23.5 Å². The van der Waals surface area contributed by atoms with Gasteiger partial charge in [0, 0.05) is 23.8 Å². The lowest BCUT2D eigenvalue weighted by atomic mass is 9.78. The van der Waals surface area contributed by atoms with Crippen LogP contribution in [0, 0.1) is 6.92 Å². The maximum absolute atomic E-state index is 13.3. The van der Waals surface area contributed by atoms with Crippen LogP contribution < -0.4 is 10.2 Å². The largest absolute Gasteiger partial charge is 0.378 e. The molecule has 1 aromatic heterocycles. The number of morpholine rings is 1. The highest BCUT2D eigenvalue weighted by Gasteiger charge is 2.42. The Morgan fingerprint density at radius 3 is 2.55 bits per heavy atom. The number of halogens is 1. The second-order valence-corrected chi connectivity index (χ2v) is 8.32. The maximum Gasteiger partial charge on any atom is 0.230 e. The number of amides is 1. The van der Waals surface area contributed by atoms with Gasteiger partial charge in [0.25, 0.3) is 0 Å². The zero-order chi connectivity index (χ0) is 20.3. The minimum atomic E-state index is -0.473. The van der Waals surface area contributed by atoms with Crippen molar-refractivity contribution in [3.05, 3.63) is 52.3 Å². The van der Waals surface area contributed by atoms with Gasteiger partial charge < -0.3 is 15.0 Å². The fourth-order valence-electron chi connectivity index (χ4n) is 4.35. The van der Waals surface area contributed by atoms with Crippen molar-refractivity contribution in [2.45, 2.75) is 44.6 Å². The van der Waals surface area contributed by atoms with Gasteiger partial charge in [-0.05, 0) is 43.5 Å². The van der Waals surface area contributed by atoms with Crippen LogP contribution >= 0.6 is 11.6 Å². The Morgan fingerprint density at radius 1 is 1.17 bits per heavy atom. The molecule has 154 valence electrons. The van der Waals surface area contributed by atoms with E-state index in [4.69, 9.17) is 16.3 Å². The molecule has 1 N–H and O–H groups in total. The Balaban J connectivity index is 1.49. The number of nitrogens with zero attached hydrogens (tertiary/aromatic N) is 3.